The van der Waals surface area contributed by atoms with Crippen LogP contribution in [0.5, 0.6) is 0 Å². The smallest absolute Gasteiger partial charge is 0 e. The third-order valence-corrected chi connectivity index (χ3v) is 18.0. The second-order valence-corrected chi connectivity index (χ2v) is 30.3. The Hall–Kier alpha value is -5.40. The number of pyridine rings is 2. The molecule has 0 N–H and O–H groups in total. The first-order chi connectivity index (χ1) is 31.5. The van der Waals surface area contributed by atoms with Gasteiger partial charge in [-0.3, -0.25) is 4.98 Å². The van der Waals surface area contributed by atoms with Gasteiger partial charge in [0.25, 0.3) is 0 Å². The maximum atomic E-state index is 6.72. The van der Waals surface area contributed by atoms with E-state index in [1.165, 1.54) is 68.4 Å². The monoisotopic (exact) mass is 1110 g/mol. The van der Waals surface area contributed by atoms with E-state index in [2.05, 4.69) is 183 Å². The largest absolute Gasteiger partial charge is 0 e. The van der Waals surface area contributed by atoms with Crippen LogP contribution >= 0.6 is 0 Å². The van der Waals surface area contributed by atoms with Crippen LogP contribution in [0.1, 0.15) is 94.9 Å². The first kappa shape index (κ1) is 45.7. The molecular weight excluding hydrogens is 1050 g/mol. The molecule has 0 spiro atoms. The number of rotatable bonds is 8. The minimum absolute atomic E-state index is 0. The standard InChI is InChI=1S/C42H36N3O.C17H22GeN.Ir/c1-25(2)38-30-17-8-6-15-28(30)29-16-7-9-18-31(29)39(38)45-37-22-11-10-21-36(37)43-41(45)34-20-12-19-32-33-23-24-35(44-42(33)46-40(32)34)26(3)27-13-4-5-14-27;1-13(2)15-11-17(14-9-7-6-8-10-14)19-12-16(15)18(3,4)5;/h6-12,15-19,21-27H,4-5,13-14H2,1-3H3;6-9,11-13H,1-5H3;/q2*-1;. The van der Waals surface area contributed by atoms with Gasteiger partial charge < -0.3 is 8.98 Å². The number of aromatic nitrogens is 4. The third-order valence-electron chi connectivity index (χ3n) is 13.8. The van der Waals surface area contributed by atoms with E-state index in [1.807, 2.05) is 24.3 Å². The van der Waals surface area contributed by atoms with Crippen molar-refractivity contribution < 1.29 is 24.5 Å². The molecule has 11 rings (SSSR count). The second-order valence-electron chi connectivity index (χ2n) is 19.7. The van der Waals surface area contributed by atoms with Gasteiger partial charge in [-0.25, -0.2) is 4.98 Å². The van der Waals surface area contributed by atoms with Gasteiger partial charge in [0.15, 0.2) is 0 Å². The number of hydrogen-bond donors (Lipinski definition) is 0. The molecule has 7 heteroatoms. The molecule has 4 aromatic heterocycles. The first-order valence-corrected chi connectivity index (χ1v) is 30.9. The van der Waals surface area contributed by atoms with Crippen LogP contribution in [0.25, 0.3) is 83.0 Å². The molecule has 1 radical (unpaired) electrons. The van der Waals surface area contributed by atoms with E-state index in [4.69, 9.17) is 14.4 Å². The quantitative estimate of drug-likeness (QED) is 0.0864. The summed E-state index contributed by atoms with van der Waals surface area (Å²) in [7, 11) is 0. The molecule has 1 unspecified atom stereocenters. The maximum absolute atomic E-state index is 6.72. The minimum Gasteiger partial charge on any atom is 0 e. The van der Waals surface area contributed by atoms with Crippen LogP contribution in [-0.2, 0) is 20.1 Å². The summed E-state index contributed by atoms with van der Waals surface area (Å²) >= 11 is -1.85. The van der Waals surface area contributed by atoms with Crippen molar-refractivity contribution in [3.8, 4) is 28.3 Å². The Morgan fingerprint density at radius 3 is 2.05 bits per heavy atom. The van der Waals surface area contributed by atoms with Crippen LogP contribution in [0.2, 0.25) is 17.3 Å². The van der Waals surface area contributed by atoms with Crippen molar-refractivity contribution in [3.05, 3.63) is 163 Å². The summed E-state index contributed by atoms with van der Waals surface area (Å²) in [5.41, 5.74) is 11.5. The van der Waals surface area contributed by atoms with Gasteiger partial charge in [-0.05, 0) is 70.7 Å². The van der Waals surface area contributed by atoms with Gasteiger partial charge in [-0.2, -0.15) is 0 Å². The van der Waals surface area contributed by atoms with Gasteiger partial charge in [-0.15, -0.1) is 18.2 Å². The SMILES string of the molecule is CC(C)c1c(-n2c(-c3[c-]ccc4c3oc3nc(C(C)C5CCCC5)ccc34)nc3ccccc32)c2ccccc2c2ccccc12.CC(C)c1cc(-c2[c-]cccc2)nc[c]1[Ge]([CH3])([CH3])[CH3].[Ir]. The van der Waals surface area contributed by atoms with E-state index in [0.717, 1.165) is 55.7 Å². The molecule has 1 aliphatic carbocycles. The van der Waals surface area contributed by atoms with Crippen molar-refractivity contribution >= 4 is 72.3 Å². The molecule has 1 saturated carbocycles. The predicted octanol–water partition coefficient (Wildman–Crippen LogP) is 15.7. The fourth-order valence-corrected chi connectivity index (χ4v) is 13.9. The number of fused-ring (bicyclic) bond motifs is 7. The molecule has 1 aliphatic rings. The summed E-state index contributed by atoms with van der Waals surface area (Å²) in [6.07, 6.45) is 7.35. The number of hydrogen-bond acceptors (Lipinski definition) is 4. The average Bonchev–Trinajstić information content (AvgIpc) is 4.09. The molecule has 0 amide bonds. The predicted molar refractivity (Wildman–Crippen MR) is 275 cm³/mol. The Labute approximate surface area is 405 Å². The fourth-order valence-electron chi connectivity index (χ4n) is 10.4. The molecule has 0 aliphatic heterocycles. The summed E-state index contributed by atoms with van der Waals surface area (Å²) in [6.45, 7) is 11.5. The van der Waals surface area contributed by atoms with E-state index >= 15 is 0 Å². The molecular formula is C59H58GeIrN4O-2. The minimum atomic E-state index is -1.85. The van der Waals surface area contributed by atoms with Crippen LogP contribution in [0.15, 0.2) is 138 Å². The molecule has 0 saturated heterocycles. The fraction of sp³-hybridized carbons (Fsp3) is 0.271. The third kappa shape index (κ3) is 8.35. The van der Waals surface area contributed by atoms with Crippen molar-refractivity contribution in [1.82, 2.24) is 19.5 Å². The van der Waals surface area contributed by atoms with Crippen LogP contribution < -0.4 is 4.40 Å². The van der Waals surface area contributed by atoms with E-state index in [1.54, 1.807) is 0 Å². The van der Waals surface area contributed by atoms with Crippen LogP contribution in [0.3, 0.4) is 0 Å². The Balaban J connectivity index is 0.000000231. The van der Waals surface area contributed by atoms with Gasteiger partial charge in [0.2, 0.25) is 5.71 Å². The Kier molecular flexibility index (Phi) is 13.0. The zero-order valence-corrected chi connectivity index (χ0v) is 43.9. The van der Waals surface area contributed by atoms with E-state index in [9.17, 15) is 0 Å². The van der Waals surface area contributed by atoms with Crippen LogP contribution in [-0.4, -0.2) is 32.8 Å². The van der Waals surface area contributed by atoms with Gasteiger partial charge >= 0.3 is 119 Å². The summed E-state index contributed by atoms with van der Waals surface area (Å²) < 4.78 is 10.6. The number of para-hydroxylation sites is 2. The zero-order chi connectivity index (χ0) is 45.0. The van der Waals surface area contributed by atoms with E-state index in [0.29, 0.717) is 23.5 Å². The molecule has 1 atom stereocenters. The maximum Gasteiger partial charge on any atom is 0 e. The van der Waals surface area contributed by atoms with Crippen molar-refractivity contribution in [3.63, 3.8) is 0 Å². The number of furan rings is 1. The molecule has 66 heavy (non-hydrogen) atoms. The topological polar surface area (TPSA) is 56.7 Å². The van der Waals surface area contributed by atoms with Crippen LogP contribution in [0.4, 0.5) is 0 Å². The summed E-state index contributed by atoms with van der Waals surface area (Å²) in [5.74, 6) is 10.1. The Morgan fingerprint density at radius 1 is 0.667 bits per heavy atom. The zero-order valence-electron chi connectivity index (χ0n) is 39.4. The summed E-state index contributed by atoms with van der Waals surface area (Å²) in [4.78, 5) is 15.1. The summed E-state index contributed by atoms with van der Waals surface area (Å²) in [6, 6.07) is 51.7. The number of imidazole rings is 1. The molecule has 1 fully saturated rings. The van der Waals surface area contributed by atoms with Crippen molar-refractivity contribution in [2.24, 2.45) is 5.92 Å². The average molecular weight is 1100 g/mol. The molecule has 10 aromatic rings. The molecule has 0 bridgehead atoms. The molecule has 4 heterocycles. The molecule has 5 nitrogen and oxygen atoms in total. The van der Waals surface area contributed by atoms with Crippen molar-refractivity contribution in [2.45, 2.75) is 95.3 Å². The van der Waals surface area contributed by atoms with Crippen molar-refractivity contribution in [1.29, 1.82) is 0 Å². The normalized spacial score (nSPS) is 13.8. The molecule has 335 valence electrons. The van der Waals surface area contributed by atoms with E-state index < -0.39 is 13.3 Å². The van der Waals surface area contributed by atoms with Gasteiger partial charge in [-0.1, -0.05) is 105 Å². The van der Waals surface area contributed by atoms with Crippen LogP contribution in [0, 0.1) is 18.1 Å². The Morgan fingerprint density at radius 2 is 1.35 bits per heavy atom. The van der Waals surface area contributed by atoms with Crippen molar-refractivity contribution in [2.75, 3.05) is 0 Å². The summed E-state index contributed by atoms with van der Waals surface area (Å²) in [5, 5.41) is 7.07. The van der Waals surface area contributed by atoms with E-state index in [-0.39, 0.29) is 26.0 Å². The number of benzene rings is 6. The second kappa shape index (κ2) is 18.7. The Bertz CT molecular complexity index is 3360. The van der Waals surface area contributed by atoms with Gasteiger partial charge in [0, 0.05) is 42.5 Å². The molecule has 6 aromatic carbocycles. The van der Waals surface area contributed by atoms with Gasteiger partial charge in [0.1, 0.15) is 0 Å². The first-order valence-electron chi connectivity index (χ1n) is 23.6. The number of nitrogens with zero attached hydrogens (tertiary/aromatic N) is 4. The van der Waals surface area contributed by atoms with Gasteiger partial charge in [0.05, 0.1) is 28.1 Å².